The smallest absolute Gasteiger partial charge is 0.0704 e. The summed E-state index contributed by atoms with van der Waals surface area (Å²) >= 11 is 0. The number of hydrogen-bond donors (Lipinski definition) is 0. The van der Waals surface area contributed by atoms with E-state index in [2.05, 4.69) is 56.1 Å². The van der Waals surface area contributed by atoms with Crippen molar-refractivity contribution < 1.29 is 0 Å². The highest BCUT2D eigenvalue weighted by Gasteiger charge is 2.08. The molecule has 1 unspecified atom stereocenters. The van der Waals surface area contributed by atoms with Gasteiger partial charge >= 0.3 is 0 Å². The van der Waals surface area contributed by atoms with E-state index >= 15 is 0 Å². The van der Waals surface area contributed by atoms with Crippen LogP contribution >= 0.6 is 0 Å². The molecule has 0 saturated heterocycles. The van der Waals surface area contributed by atoms with Crippen molar-refractivity contribution in [3.05, 3.63) is 42.1 Å². The van der Waals surface area contributed by atoms with E-state index in [1.54, 1.807) is 0 Å². The van der Waals surface area contributed by atoms with E-state index in [0.29, 0.717) is 0 Å². The van der Waals surface area contributed by atoms with Gasteiger partial charge in [0.2, 0.25) is 0 Å². The number of benzene rings is 1. The predicted octanol–water partition coefficient (Wildman–Crippen LogP) is 4.46. The SMILES string of the molecule is CC(C)CC(C)Cc1ccnc2ccccc12. The molecule has 2 rings (SSSR count). The Labute approximate surface area is 104 Å². The molecule has 1 heterocycles. The highest BCUT2D eigenvalue weighted by molar-refractivity contribution is 5.81. The van der Waals surface area contributed by atoms with E-state index < -0.39 is 0 Å². The number of nitrogens with zero attached hydrogens (tertiary/aromatic N) is 1. The van der Waals surface area contributed by atoms with Crippen molar-refractivity contribution in [2.45, 2.75) is 33.6 Å². The first-order valence-corrected chi connectivity index (χ1v) is 6.49. The molecular formula is C16H21N. The molecule has 1 atom stereocenters. The maximum Gasteiger partial charge on any atom is 0.0704 e. The fourth-order valence-corrected chi connectivity index (χ4v) is 2.60. The second kappa shape index (κ2) is 5.31. The third-order valence-electron chi connectivity index (χ3n) is 3.18. The molecule has 1 nitrogen and oxygen atoms in total. The van der Waals surface area contributed by atoms with Crippen LogP contribution in [0.15, 0.2) is 36.5 Å². The molecule has 0 bridgehead atoms. The number of hydrogen-bond acceptors (Lipinski definition) is 1. The minimum absolute atomic E-state index is 0.737. The zero-order valence-electron chi connectivity index (χ0n) is 11.0. The van der Waals surface area contributed by atoms with Gasteiger partial charge < -0.3 is 0 Å². The van der Waals surface area contributed by atoms with Crippen LogP contribution in [0, 0.1) is 11.8 Å². The molecule has 0 fully saturated rings. The van der Waals surface area contributed by atoms with Gasteiger partial charge in [0.25, 0.3) is 0 Å². The lowest BCUT2D eigenvalue weighted by Gasteiger charge is -2.15. The molecule has 0 saturated carbocycles. The van der Waals surface area contributed by atoms with Crippen molar-refractivity contribution in [2.75, 3.05) is 0 Å². The van der Waals surface area contributed by atoms with Crippen LogP contribution in [0.2, 0.25) is 0 Å². The molecule has 1 aromatic heterocycles. The van der Waals surface area contributed by atoms with Crippen molar-refractivity contribution in [1.29, 1.82) is 0 Å². The molecule has 1 heteroatoms. The average Bonchev–Trinajstić information content (AvgIpc) is 2.28. The van der Waals surface area contributed by atoms with Gasteiger partial charge in [-0.25, -0.2) is 0 Å². The van der Waals surface area contributed by atoms with Gasteiger partial charge in [-0.2, -0.15) is 0 Å². The summed E-state index contributed by atoms with van der Waals surface area (Å²) in [7, 11) is 0. The summed E-state index contributed by atoms with van der Waals surface area (Å²) in [5.41, 5.74) is 2.55. The zero-order valence-corrected chi connectivity index (χ0v) is 11.0. The summed E-state index contributed by atoms with van der Waals surface area (Å²) in [4.78, 5) is 4.41. The molecule has 2 aromatic rings. The summed E-state index contributed by atoms with van der Waals surface area (Å²) in [6, 6.07) is 10.6. The second-order valence-electron chi connectivity index (χ2n) is 5.43. The number of fused-ring (bicyclic) bond motifs is 1. The van der Waals surface area contributed by atoms with E-state index in [-0.39, 0.29) is 0 Å². The van der Waals surface area contributed by atoms with Crippen LogP contribution in [0.1, 0.15) is 32.8 Å². The van der Waals surface area contributed by atoms with Gasteiger partial charge in [0.05, 0.1) is 5.52 Å². The fourth-order valence-electron chi connectivity index (χ4n) is 2.60. The first kappa shape index (κ1) is 12.1. The van der Waals surface area contributed by atoms with Gasteiger partial charge in [0.15, 0.2) is 0 Å². The summed E-state index contributed by atoms with van der Waals surface area (Å²) in [5.74, 6) is 1.51. The third-order valence-corrected chi connectivity index (χ3v) is 3.18. The van der Waals surface area contributed by atoms with E-state index in [0.717, 1.165) is 23.8 Å². The van der Waals surface area contributed by atoms with Crippen LogP contribution in [0.25, 0.3) is 10.9 Å². The van der Waals surface area contributed by atoms with Crippen molar-refractivity contribution in [3.63, 3.8) is 0 Å². The molecule has 0 N–H and O–H groups in total. The van der Waals surface area contributed by atoms with Gasteiger partial charge in [0, 0.05) is 11.6 Å². The highest BCUT2D eigenvalue weighted by atomic mass is 14.6. The first-order chi connectivity index (χ1) is 8.16. The van der Waals surface area contributed by atoms with Gasteiger partial charge in [0.1, 0.15) is 0 Å². The van der Waals surface area contributed by atoms with Gasteiger partial charge in [-0.3, -0.25) is 4.98 Å². The quantitative estimate of drug-likeness (QED) is 0.751. The molecule has 0 aliphatic heterocycles. The van der Waals surface area contributed by atoms with Crippen LogP contribution in [-0.2, 0) is 6.42 Å². The number of rotatable bonds is 4. The molecule has 0 aliphatic rings. The molecule has 90 valence electrons. The lowest BCUT2D eigenvalue weighted by molar-refractivity contribution is 0.438. The van der Waals surface area contributed by atoms with Crippen molar-refractivity contribution in [1.82, 2.24) is 4.98 Å². The van der Waals surface area contributed by atoms with Crippen LogP contribution in [-0.4, -0.2) is 4.98 Å². The maximum atomic E-state index is 4.41. The topological polar surface area (TPSA) is 12.9 Å². The number of aromatic nitrogens is 1. The monoisotopic (exact) mass is 227 g/mol. The minimum Gasteiger partial charge on any atom is -0.256 e. The zero-order chi connectivity index (χ0) is 12.3. The van der Waals surface area contributed by atoms with Crippen LogP contribution in [0.4, 0.5) is 0 Å². The Morgan fingerprint density at radius 3 is 2.59 bits per heavy atom. The lowest BCUT2D eigenvalue weighted by Crippen LogP contribution is -2.04. The minimum atomic E-state index is 0.737. The van der Waals surface area contributed by atoms with Gasteiger partial charge in [-0.1, -0.05) is 39.0 Å². The summed E-state index contributed by atoms with van der Waals surface area (Å²) in [5, 5.41) is 1.31. The van der Waals surface area contributed by atoms with Crippen LogP contribution < -0.4 is 0 Å². The van der Waals surface area contributed by atoms with E-state index in [4.69, 9.17) is 0 Å². The fraction of sp³-hybridized carbons (Fsp3) is 0.438. The summed E-state index contributed by atoms with van der Waals surface area (Å²) in [6.07, 6.45) is 4.37. The van der Waals surface area contributed by atoms with Crippen LogP contribution in [0.5, 0.6) is 0 Å². The third kappa shape index (κ3) is 3.06. The van der Waals surface area contributed by atoms with E-state index in [1.165, 1.54) is 17.4 Å². The largest absolute Gasteiger partial charge is 0.256 e. The number of para-hydroxylation sites is 1. The molecule has 0 radical (unpaired) electrons. The van der Waals surface area contributed by atoms with Crippen LogP contribution in [0.3, 0.4) is 0 Å². The van der Waals surface area contributed by atoms with E-state index in [9.17, 15) is 0 Å². The standard InChI is InChI=1S/C16H21N/c1-12(2)10-13(3)11-14-8-9-17-16-7-5-4-6-15(14)16/h4-9,12-13H,10-11H2,1-3H3. The van der Waals surface area contributed by atoms with Gasteiger partial charge in [-0.15, -0.1) is 0 Å². The Morgan fingerprint density at radius 2 is 1.82 bits per heavy atom. The molecule has 17 heavy (non-hydrogen) atoms. The van der Waals surface area contributed by atoms with Gasteiger partial charge in [-0.05, 0) is 42.4 Å². The van der Waals surface area contributed by atoms with Crippen molar-refractivity contribution >= 4 is 10.9 Å². The molecular weight excluding hydrogens is 206 g/mol. The summed E-state index contributed by atoms with van der Waals surface area (Å²) < 4.78 is 0. The maximum absolute atomic E-state index is 4.41. The Bertz CT molecular complexity index is 482. The highest BCUT2D eigenvalue weighted by Crippen LogP contribution is 2.22. The Kier molecular flexibility index (Phi) is 3.78. The Morgan fingerprint density at radius 1 is 1.06 bits per heavy atom. The second-order valence-corrected chi connectivity index (χ2v) is 5.43. The van der Waals surface area contributed by atoms with E-state index in [1.807, 2.05) is 6.20 Å². The first-order valence-electron chi connectivity index (χ1n) is 6.49. The molecule has 0 aliphatic carbocycles. The lowest BCUT2D eigenvalue weighted by atomic mass is 9.91. The average molecular weight is 227 g/mol. The molecule has 0 amide bonds. The molecule has 0 spiro atoms. The Hall–Kier alpha value is -1.37. The van der Waals surface area contributed by atoms with Crippen molar-refractivity contribution in [2.24, 2.45) is 11.8 Å². The Balaban J connectivity index is 2.24. The number of pyridine rings is 1. The molecule has 1 aromatic carbocycles. The summed E-state index contributed by atoms with van der Waals surface area (Å²) in [6.45, 7) is 6.93. The normalized spacial score (nSPS) is 13.2. The predicted molar refractivity (Wildman–Crippen MR) is 74.1 cm³/mol. The van der Waals surface area contributed by atoms with Crippen molar-refractivity contribution in [3.8, 4) is 0 Å².